The average Bonchev–Trinajstić information content (AvgIpc) is 3.29. The summed E-state index contributed by atoms with van der Waals surface area (Å²) in [7, 11) is 0. The van der Waals surface area contributed by atoms with Crippen LogP contribution in [0, 0.1) is 30.6 Å². The Morgan fingerprint density at radius 3 is 1.65 bits per heavy atom. The third-order valence-electron chi connectivity index (χ3n) is 10.8. The van der Waals surface area contributed by atoms with E-state index in [1.54, 1.807) is 6.08 Å². The lowest BCUT2D eigenvalue weighted by Crippen LogP contribution is -2.39. The molecule has 2 rings (SSSR count). The minimum atomic E-state index is -0.456. The van der Waals surface area contributed by atoms with Crippen LogP contribution in [0.5, 0.6) is 0 Å². The molecular formula is C66H119FN2O2. The second kappa shape index (κ2) is 50.0. The fourth-order valence-electron chi connectivity index (χ4n) is 7.58. The molecule has 412 valence electrons. The van der Waals surface area contributed by atoms with Crippen molar-refractivity contribution in [1.29, 1.82) is 0 Å². The zero-order valence-electron chi connectivity index (χ0n) is 51.5. The van der Waals surface area contributed by atoms with Crippen LogP contribution >= 0.6 is 0 Å². The number of rotatable bonds is 22. The van der Waals surface area contributed by atoms with Crippen LogP contribution in [0.3, 0.4) is 0 Å². The van der Waals surface area contributed by atoms with Crippen molar-refractivity contribution in [3.63, 3.8) is 0 Å². The Kier molecular flexibility index (Phi) is 53.7. The van der Waals surface area contributed by atoms with Gasteiger partial charge in [0, 0.05) is 17.8 Å². The number of benzene rings is 1. The van der Waals surface area contributed by atoms with E-state index in [2.05, 4.69) is 146 Å². The van der Waals surface area contributed by atoms with Crippen molar-refractivity contribution in [2.75, 3.05) is 0 Å². The molecule has 0 unspecified atom stereocenters. The SMILES string of the molecule is CC(C)=O.CC(C)C.CCC.CCC.CCCC.CCCC1CC(C)C1.C\C=C/C(N/C(C)=C(C)/C(=C\C(=C\CC)c1ccc(C(CCC)(CCC)C(=O)C(C)C)c(C)c1)N=CCCC)=C(F)\C=C\CC. The summed E-state index contributed by atoms with van der Waals surface area (Å²) in [5, 5.41) is 3.30. The molecule has 0 amide bonds. The van der Waals surface area contributed by atoms with Gasteiger partial charge in [-0.25, -0.2) is 4.39 Å². The molecule has 0 aliphatic heterocycles. The van der Waals surface area contributed by atoms with E-state index in [9.17, 15) is 14.0 Å². The number of nitrogens with one attached hydrogen (secondary N) is 1. The van der Waals surface area contributed by atoms with Crippen molar-refractivity contribution < 1.29 is 14.0 Å². The molecular weight excluding hydrogens is 872 g/mol. The molecule has 1 N–H and O–H groups in total. The number of nitrogens with zero attached hydrogens (tertiary/aromatic N) is 1. The second-order valence-electron chi connectivity index (χ2n) is 20.6. The standard InChI is InChI=1S/C41H61FN2O.C8H16.2C4H10.C3H6O.2C3H8/c1-12-18-22-37(42)38(21-15-4)44-33(11)32(10)39(43-27-19-13-2)29-34(20-14-3)35-23-24-36(31(9)28-35)41(25-16-5,26-17-6)40(45)30(7)8;1-3-4-8-5-7(2)6-8;1-4(2)3;1-3-4-2;1-3(2)4;2*1-3-2/h15,18,20-24,27-30,44H,12-14,16-17,19,25-26H2,1-11H3;7-8H,3-6H2,1-2H3;4H,1-3H3;3-4H2,1-2H3;1-2H3;2*3H2,1-2H3/b21-15-,22-18+,33-32+,34-20-,38-37-,39-29+,43-27?;;;;;;. The topological polar surface area (TPSA) is 58.5 Å². The van der Waals surface area contributed by atoms with Crippen LogP contribution in [-0.4, -0.2) is 17.8 Å². The van der Waals surface area contributed by atoms with Crippen LogP contribution in [0.15, 0.2) is 88.1 Å². The van der Waals surface area contributed by atoms with Crippen LogP contribution in [0.1, 0.15) is 279 Å². The maximum absolute atomic E-state index is 15.0. The molecule has 0 saturated heterocycles. The third kappa shape index (κ3) is 38.7. The summed E-state index contributed by atoms with van der Waals surface area (Å²) >= 11 is 0. The molecule has 1 fully saturated rings. The van der Waals surface area contributed by atoms with Crippen molar-refractivity contribution in [2.24, 2.45) is 28.7 Å². The van der Waals surface area contributed by atoms with Gasteiger partial charge < -0.3 is 10.1 Å². The molecule has 0 spiro atoms. The molecule has 0 bridgehead atoms. The lowest BCUT2D eigenvalue weighted by Gasteiger charge is -2.36. The van der Waals surface area contributed by atoms with Crippen LogP contribution < -0.4 is 5.32 Å². The zero-order valence-corrected chi connectivity index (χ0v) is 51.5. The van der Waals surface area contributed by atoms with Crippen LogP contribution in [0.4, 0.5) is 4.39 Å². The van der Waals surface area contributed by atoms with Gasteiger partial charge in [-0.3, -0.25) is 9.79 Å². The van der Waals surface area contributed by atoms with Crippen molar-refractivity contribution in [1.82, 2.24) is 5.32 Å². The number of hydrogen-bond acceptors (Lipinski definition) is 4. The maximum atomic E-state index is 15.0. The summed E-state index contributed by atoms with van der Waals surface area (Å²) in [4.78, 5) is 28.1. The van der Waals surface area contributed by atoms with Crippen molar-refractivity contribution in [2.45, 2.75) is 274 Å². The van der Waals surface area contributed by atoms with Gasteiger partial charge >= 0.3 is 0 Å². The van der Waals surface area contributed by atoms with Crippen LogP contribution in [-0.2, 0) is 15.0 Å². The molecule has 1 aromatic carbocycles. The van der Waals surface area contributed by atoms with E-state index in [4.69, 9.17) is 4.99 Å². The molecule has 0 atom stereocenters. The Morgan fingerprint density at radius 2 is 1.28 bits per heavy atom. The quantitative estimate of drug-likeness (QED) is 0.0930. The predicted octanol–water partition coefficient (Wildman–Crippen LogP) is 21.9. The number of hydrogen-bond donors (Lipinski definition) is 1. The van der Waals surface area contributed by atoms with Crippen molar-refractivity contribution in [3.8, 4) is 0 Å². The third-order valence-corrected chi connectivity index (χ3v) is 10.8. The van der Waals surface area contributed by atoms with E-state index in [0.717, 1.165) is 108 Å². The minimum absolute atomic E-state index is 0.0184. The molecule has 5 heteroatoms. The first-order valence-electron chi connectivity index (χ1n) is 28.7. The Bertz CT molecular complexity index is 1670. The van der Waals surface area contributed by atoms with Gasteiger partial charge in [-0.05, 0) is 150 Å². The normalized spacial score (nSPS) is 15.2. The van der Waals surface area contributed by atoms with E-state index in [-0.39, 0.29) is 17.5 Å². The molecule has 4 nitrogen and oxygen atoms in total. The minimum Gasteiger partial charge on any atom is -0.356 e. The molecule has 0 radical (unpaired) electrons. The van der Waals surface area contributed by atoms with Gasteiger partial charge in [-0.1, -0.05) is 219 Å². The van der Waals surface area contributed by atoms with Gasteiger partial charge in [-0.15, -0.1) is 0 Å². The number of halogens is 1. The number of ketones is 2. The smallest absolute Gasteiger partial charge is 0.146 e. The van der Waals surface area contributed by atoms with E-state index >= 15 is 0 Å². The first kappa shape index (κ1) is 76.3. The highest BCUT2D eigenvalue weighted by molar-refractivity contribution is 5.92. The summed E-state index contributed by atoms with van der Waals surface area (Å²) in [6.07, 6.45) is 31.4. The van der Waals surface area contributed by atoms with Gasteiger partial charge in [0.05, 0.1) is 16.8 Å². The van der Waals surface area contributed by atoms with Crippen molar-refractivity contribution >= 4 is 23.4 Å². The first-order valence-corrected chi connectivity index (χ1v) is 28.7. The number of Topliss-reactive ketones (excluding diaryl/α,β-unsaturated/α-hetero) is 2. The molecule has 0 heterocycles. The first-order chi connectivity index (χ1) is 33.5. The maximum Gasteiger partial charge on any atom is 0.146 e. The number of carbonyl (C=O) groups is 2. The predicted molar refractivity (Wildman–Crippen MR) is 322 cm³/mol. The highest BCUT2D eigenvalue weighted by Gasteiger charge is 2.40. The lowest BCUT2D eigenvalue weighted by molar-refractivity contribution is -0.128. The monoisotopic (exact) mass is 991 g/mol. The Balaban J connectivity index is -0.000000451. The number of allylic oxidation sites excluding steroid dienone is 10. The number of unbranched alkanes of at least 4 members (excludes halogenated alkanes) is 2. The van der Waals surface area contributed by atoms with Crippen LogP contribution in [0.25, 0.3) is 5.57 Å². The van der Waals surface area contributed by atoms with Gasteiger partial charge in [0.15, 0.2) is 0 Å². The summed E-state index contributed by atoms with van der Waals surface area (Å²) < 4.78 is 15.0. The summed E-state index contributed by atoms with van der Waals surface area (Å²) in [6, 6.07) is 6.61. The van der Waals surface area contributed by atoms with E-state index in [1.165, 1.54) is 71.3 Å². The average molecular weight is 992 g/mol. The van der Waals surface area contributed by atoms with E-state index in [1.807, 2.05) is 59.9 Å². The number of carbonyl (C=O) groups excluding carboxylic acids is 2. The van der Waals surface area contributed by atoms with Gasteiger partial charge in [-0.2, -0.15) is 0 Å². The van der Waals surface area contributed by atoms with E-state index in [0.29, 0.717) is 11.5 Å². The largest absolute Gasteiger partial charge is 0.356 e. The molecule has 1 saturated carbocycles. The number of aryl methyl sites for hydroxylation is 1. The van der Waals surface area contributed by atoms with Crippen LogP contribution in [0.2, 0.25) is 0 Å². The van der Waals surface area contributed by atoms with Crippen molar-refractivity contribution in [3.05, 3.63) is 99.8 Å². The zero-order chi connectivity index (χ0) is 56.0. The Morgan fingerprint density at radius 1 is 0.775 bits per heavy atom. The molecule has 0 aromatic heterocycles. The fraction of sp³-hybridized carbons (Fsp3) is 0.682. The highest BCUT2D eigenvalue weighted by atomic mass is 19.1. The van der Waals surface area contributed by atoms with Gasteiger partial charge in [0.2, 0.25) is 0 Å². The lowest BCUT2D eigenvalue weighted by atomic mass is 9.66. The Labute approximate surface area is 443 Å². The Hall–Kier alpha value is -3.60. The summed E-state index contributed by atoms with van der Waals surface area (Å²) in [6.45, 7) is 49.8. The second-order valence-corrected chi connectivity index (χ2v) is 20.6. The van der Waals surface area contributed by atoms with Gasteiger partial charge in [0.1, 0.15) is 17.4 Å². The molecule has 1 aromatic rings. The number of aliphatic imine (C=N–C) groups is 1. The summed E-state index contributed by atoms with van der Waals surface area (Å²) in [5.41, 5.74) is 7.07. The highest BCUT2D eigenvalue weighted by Crippen LogP contribution is 2.40. The van der Waals surface area contributed by atoms with E-state index < -0.39 is 5.41 Å². The molecule has 1 aliphatic rings. The van der Waals surface area contributed by atoms with Gasteiger partial charge in [0.25, 0.3) is 0 Å². The molecule has 71 heavy (non-hydrogen) atoms. The summed E-state index contributed by atoms with van der Waals surface area (Å²) in [5.74, 6) is 3.18. The molecule has 1 aliphatic carbocycles. The fourth-order valence-corrected chi connectivity index (χ4v) is 7.58.